The van der Waals surface area contributed by atoms with E-state index < -0.39 is 0 Å². The van der Waals surface area contributed by atoms with Crippen LogP contribution in [0.5, 0.6) is 0 Å². The molecule has 0 atom stereocenters. The van der Waals surface area contributed by atoms with Crippen molar-refractivity contribution in [3.05, 3.63) is 22.5 Å². The Bertz CT molecular complexity index is 223. The highest BCUT2D eigenvalue weighted by Crippen LogP contribution is 1.95. The molecule has 0 radical (unpaired) electrons. The lowest BCUT2D eigenvalue weighted by Gasteiger charge is -1.83. The third kappa shape index (κ3) is 1.45. The molecule has 1 aromatic heterocycles. The van der Waals surface area contributed by atoms with Gasteiger partial charge >= 0.3 is 5.76 Å². The van der Waals surface area contributed by atoms with E-state index in [-0.39, 0.29) is 5.76 Å². The maximum absolute atomic E-state index is 10.3. The van der Waals surface area contributed by atoms with E-state index in [2.05, 4.69) is 4.98 Å². The number of hydrogen-bond acceptors (Lipinski definition) is 2. The molecule has 0 saturated heterocycles. The Morgan fingerprint density at radius 2 is 2.56 bits per heavy atom. The van der Waals surface area contributed by atoms with Crippen molar-refractivity contribution in [2.75, 3.05) is 0 Å². The second-order valence-corrected chi connectivity index (χ2v) is 1.89. The standard InChI is InChI=1S/C6H9NO2/c1-2-3-5-4-7-6(8)9-5/h4H,2-3H2,1H3,(H,7,8). The molecule has 3 nitrogen and oxygen atoms in total. The van der Waals surface area contributed by atoms with Gasteiger partial charge in [0, 0.05) is 12.6 Å². The van der Waals surface area contributed by atoms with Gasteiger partial charge in [-0.25, -0.2) is 4.79 Å². The van der Waals surface area contributed by atoms with Crippen LogP contribution in [0.1, 0.15) is 19.1 Å². The van der Waals surface area contributed by atoms with Crippen LogP contribution in [0.25, 0.3) is 0 Å². The fourth-order valence-electron chi connectivity index (χ4n) is 0.687. The molecular formula is C6H9NO2. The predicted octanol–water partition coefficient (Wildman–Crippen LogP) is 0.920. The molecule has 0 amide bonds. The van der Waals surface area contributed by atoms with Crippen LogP contribution in [0, 0.1) is 0 Å². The van der Waals surface area contributed by atoms with Crippen molar-refractivity contribution in [2.24, 2.45) is 0 Å². The predicted molar refractivity (Wildman–Crippen MR) is 33.3 cm³/mol. The van der Waals surface area contributed by atoms with Crippen LogP contribution in [-0.4, -0.2) is 4.98 Å². The van der Waals surface area contributed by atoms with E-state index in [4.69, 9.17) is 4.42 Å². The first-order valence-electron chi connectivity index (χ1n) is 3.00. The smallest absolute Gasteiger partial charge is 0.413 e. The van der Waals surface area contributed by atoms with Gasteiger partial charge in [-0.2, -0.15) is 0 Å². The van der Waals surface area contributed by atoms with Gasteiger partial charge in [0.2, 0.25) is 0 Å². The molecule has 0 aromatic carbocycles. The van der Waals surface area contributed by atoms with Crippen molar-refractivity contribution >= 4 is 0 Å². The zero-order valence-corrected chi connectivity index (χ0v) is 5.31. The number of hydrogen-bond donors (Lipinski definition) is 1. The van der Waals surface area contributed by atoms with E-state index in [1.54, 1.807) is 6.20 Å². The summed E-state index contributed by atoms with van der Waals surface area (Å²) in [5.41, 5.74) is 0. The molecule has 0 unspecified atom stereocenters. The normalized spacial score (nSPS) is 9.89. The van der Waals surface area contributed by atoms with Crippen LogP contribution in [-0.2, 0) is 6.42 Å². The molecular weight excluding hydrogens is 118 g/mol. The van der Waals surface area contributed by atoms with Gasteiger partial charge in [0.1, 0.15) is 5.76 Å². The van der Waals surface area contributed by atoms with Gasteiger partial charge in [-0.1, -0.05) is 6.92 Å². The number of H-pyrrole nitrogens is 1. The minimum absolute atomic E-state index is 0.363. The summed E-state index contributed by atoms with van der Waals surface area (Å²) in [5.74, 6) is 0.376. The van der Waals surface area contributed by atoms with Crippen molar-refractivity contribution in [1.82, 2.24) is 4.98 Å². The molecule has 0 aliphatic carbocycles. The fourth-order valence-corrected chi connectivity index (χ4v) is 0.687. The Balaban J connectivity index is 2.73. The average Bonchev–Trinajstić information content (AvgIpc) is 2.17. The summed E-state index contributed by atoms with van der Waals surface area (Å²) in [6.07, 6.45) is 3.44. The largest absolute Gasteiger partial charge is 0.416 e. The average molecular weight is 127 g/mol. The second kappa shape index (κ2) is 2.53. The quantitative estimate of drug-likeness (QED) is 0.642. The Morgan fingerprint density at radius 1 is 1.78 bits per heavy atom. The highest BCUT2D eigenvalue weighted by molar-refractivity contribution is 4.87. The topological polar surface area (TPSA) is 46.0 Å². The molecule has 0 bridgehead atoms. The van der Waals surface area contributed by atoms with Crippen LogP contribution in [0.4, 0.5) is 0 Å². The summed E-state index contributed by atoms with van der Waals surface area (Å²) in [4.78, 5) is 12.8. The Morgan fingerprint density at radius 3 is 3.00 bits per heavy atom. The molecule has 0 fully saturated rings. The number of rotatable bonds is 2. The molecule has 1 rings (SSSR count). The zero-order chi connectivity index (χ0) is 6.69. The van der Waals surface area contributed by atoms with Crippen LogP contribution in [0.3, 0.4) is 0 Å². The van der Waals surface area contributed by atoms with Crippen LogP contribution >= 0.6 is 0 Å². The van der Waals surface area contributed by atoms with E-state index in [9.17, 15) is 4.79 Å². The summed E-state index contributed by atoms with van der Waals surface area (Å²) in [5, 5.41) is 0. The summed E-state index contributed by atoms with van der Waals surface area (Å²) in [6, 6.07) is 0. The number of aromatic amines is 1. The van der Waals surface area contributed by atoms with E-state index in [1.807, 2.05) is 6.92 Å². The third-order valence-corrected chi connectivity index (χ3v) is 1.07. The van der Waals surface area contributed by atoms with Gasteiger partial charge in [-0.05, 0) is 6.42 Å². The number of aromatic nitrogens is 1. The SMILES string of the molecule is CCCc1c[nH]c(=O)o1. The number of aryl methyl sites for hydroxylation is 1. The summed E-state index contributed by atoms with van der Waals surface area (Å²) in [6.45, 7) is 2.03. The minimum atomic E-state index is -0.363. The number of nitrogens with one attached hydrogen (secondary N) is 1. The minimum Gasteiger partial charge on any atom is -0.413 e. The summed E-state index contributed by atoms with van der Waals surface area (Å²) < 4.78 is 4.71. The third-order valence-electron chi connectivity index (χ3n) is 1.07. The van der Waals surface area contributed by atoms with Gasteiger partial charge in [-0.15, -0.1) is 0 Å². The zero-order valence-electron chi connectivity index (χ0n) is 5.31. The highest BCUT2D eigenvalue weighted by atomic mass is 16.4. The van der Waals surface area contributed by atoms with Gasteiger partial charge in [-0.3, -0.25) is 4.98 Å². The first kappa shape index (κ1) is 6.13. The van der Waals surface area contributed by atoms with Crippen molar-refractivity contribution in [1.29, 1.82) is 0 Å². The summed E-state index contributed by atoms with van der Waals surface area (Å²) in [7, 11) is 0. The molecule has 1 heterocycles. The lowest BCUT2D eigenvalue weighted by Crippen LogP contribution is -1.92. The molecule has 0 aliphatic heterocycles. The molecule has 3 heteroatoms. The Labute approximate surface area is 52.7 Å². The molecule has 9 heavy (non-hydrogen) atoms. The maximum atomic E-state index is 10.3. The molecule has 1 N–H and O–H groups in total. The van der Waals surface area contributed by atoms with Gasteiger partial charge < -0.3 is 4.42 Å². The number of oxazole rings is 1. The van der Waals surface area contributed by atoms with Gasteiger partial charge in [0.15, 0.2) is 0 Å². The van der Waals surface area contributed by atoms with E-state index in [0.29, 0.717) is 0 Å². The van der Waals surface area contributed by atoms with Crippen molar-refractivity contribution < 1.29 is 4.42 Å². The molecule has 0 spiro atoms. The monoisotopic (exact) mass is 127 g/mol. The molecule has 50 valence electrons. The van der Waals surface area contributed by atoms with Gasteiger partial charge in [0.05, 0.1) is 0 Å². The fraction of sp³-hybridized carbons (Fsp3) is 0.500. The molecule has 1 aromatic rings. The Hall–Kier alpha value is -0.990. The lowest BCUT2D eigenvalue weighted by atomic mass is 10.3. The van der Waals surface area contributed by atoms with E-state index in [1.165, 1.54) is 0 Å². The van der Waals surface area contributed by atoms with Crippen LogP contribution in [0.2, 0.25) is 0 Å². The first-order valence-corrected chi connectivity index (χ1v) is 3.00. The van der Waals surface area contributed by atoms with Crippen molar-refractivity contribution in [2.45, 2.75) is 19.8 Å². The Kier molecular flexibility index (Phi) is 1.72. The van der Waals surface area contributed by atoms with Crippen LogP contribution < -0.4 is 5.76 Å². The van der Waals surface area contributed by atoms with E-state index in [0.717, 1.165) is 18.6 Å². The highest BCUT2D eigenvalue weighted by Gasteiger charge is 1.94. The molecule has 0 aliphatic rings. The second-order valence-electron chi connectivity index (χ2n) is 1.89. The van der Waals surface area contributed by atoms with Crippen molar-refractivity contribution in [3.8, 4) is 0 Å². The lowest BCUT2D eigenvalue weighted by molar-refractivity contribution is 0.466. The van der Waals surface area contributed by atoms with E-state index >= 15 is 0 Å². The first-order chi connectivity index (χ1) is 4.33. The maximum Gasteiger partial charge on any atom is 0.416 e. The summed E-state index contributed by atoms with van der Waals surface area (Å²) >= 11 is 0. The van der Waals surface area contributed by atoms with Crippen LogP contribution in [0.15, 0.2) is 15.4 Å². The van der Waals surface area contributed by atoms with Crippen molar-refractivity contribution in [3.63, 3.8) is 0 Å². The van der Waals surface area contributed by atoms with Gasteiger partial charge in [0.25, 0.3) is 0 Å². The molecule has 0 saturated carbocycles.